The molecule has 23 heavy (non-hydrogen) atoms. The fourth-order valence-electron chi connectivity index (χ4n) is 3.06. The number of aliphatic hydroxyl groups is 1. The van der Waals surface area contributed by atoms with Crippen molar-refractivity contribution in [3.8, 4) is 0 Å². The van der Waals surface area contributed by atoms with Crippen molar-refractivity contribution in [3.63, 3.8) is 0 Å². The average Bonchev–Trinajstić information content (AvgIpc) is 2.51. The Morgan fingerprint density at radius 1 is 1.26 bits per heavy atom. The van der Waals surface area contributed by atoms with Gasteiger partial charge in [-0.2, -0.15) is 0 Å². The first-order chi connectivity index (χ1) is 10.8. The molecule has 1 aliphatic heterocycles. The molecule has 1 rings (SSSR count). The van der Waals surface area contributed by atoms with Gasteiger partial charge in [0.1, 0.15) is 5.60 Å². The molecule has 0 radical (unpaired) electrons. The molecule has 1 saturated heterocycles. The predicted molar refractivity (Wildman–Crippen MR) is 93.5 cm³/mol. The molecule has 136 valence electrons. The van der Waals surface area contributed by atoms with E-state index in [9.17, 15) is 9.90 Å². The van der Waals surface area contributed by atoms with Crippen LogP contribution < -0.4 is 5.32 Å². The number of nitrogens with one attached hydrogen (secondary N) is 1. The summed E-state index contributed by atoms with van der Waals surface area (Å²) in [6.07, 6.45) is 4.90. The van der Waals surface area contributed by atoms with Crippen molar-refractivity contribution < 1.29 is 14.6 Å². The number of nitrogens with zero attached hydrogens (tertiary/aromatic N) is 1. The van der Waals surface area contributed by atoms with E-state index in [0.717, 1.165) is 51.7 Å². The molecule has 0 aromatic carbocycles. The standard InChI is InChI=1S/C18H36N2O3/c1-6-18(7-2,14-21)13-19-12-15-10-8-9-11-20(15)16(22)23-17(3,4)5/h15,19,21H,6-14H2,1-5H3. The summed E-state index contributed by atoms with van der Waals surface area (Å²) in [7, 11) is 0. The number of carbonyl (C=O) groups is 1. The summed E-state index contributed by atoms with van der Waals surface area (Å²) in [4.78, 5) is 14.3. The molecule has 5 heteroatoms. The minimum atomic E-state index is -0.455. The van der Waals surface area contributed by atoms with Crippen LogP contribution in [0.3, 0.4) is 0 Å². The third-order valence-corrected chi connectivity index (χ3v) is 4.97. The van der Waals surface area contributed by atoms with Crippen molar-refractivity contribution in [2.45, 2.75) is 78.4 Å². The highest BCUT2D eigenvalue weighted by Crippen LogP contribution is 2.25. The summed E-state index contributed by atoms with van der Waals surface area (Å²) in [5.74, 6) is 0. The number of carbonyl (C=O) groups excluding carboxylic acids is 1. The maximum Gasteiger partial charge on any atom is 0.410 e. The molecule has 1 atom stereocenters. The minimum absolute atomic E-state index is 0.0502. The topological polar surface area (TPSA) is 61.8 Å². The summed E-state index contributed by atoms with van der Waals surface area (Å²) < 4.78 is 5.54. The highest BCUT2D eigenvalue weighted by Gasteiger charge is 2.31. The van der Waals surface area contributed by atoms with E-state index in [4.69, 9.17) is 4.74 Å². The molecule has 2 N–H and O–H groups in total. The van der Waals surface area contributed by atoms with E-state index in [1.54, 1.807) is 0 Å². The Morgan fingerprint density at radius 3 is 2.43 bits per heavy atom. The second kappa shape index (κ2) is 8.88. The molecular formula is C18H36N2O3. The average molecular weight is 328 g/mol. The van der Waals surface area contributed by atoms with Gasteiger partial charge in [-0.05, 0) is 52.9 Å². The van der Waals surface area contributed by atoms with Gasteiger partial charge in [-0.15, -0.1) is 0 Å². The van der Waals surface area contributed by atoms with E-state index in [2.05, 4.69) is 19.2 Å². The molecule has 0 spiro atoms. The maximum absolute atomic E-state index is 12.4. The minimum Gasteiger partial charge on any atom is -0.444 e. The highest BCUT2D eigenvalue weighted by molar-refractivity contribution is 5.68. The van der Waals surface area contributed by atoms with Crippen molar-refractivity contribution in [3.05, 3.63) is 0 Å². The normalized spacial score (nSPS) is 19.7. The largest absolute Gasteiger partial charge is 0.444 e. The van der Waals surface area contributed by atoms with Crippen LogP contribution in [0.15, 0.2) is 0 Å². The lowest BCUT2D eigenvalue weighted by Crippen LogP contribution is -2.51. The van der Waals surface area contributed by atoms with Gasteiger partial charge in [0.2, 0.25) is 0 Å². The number of rotatable bonds is 7. The number of likely N-dealkylation sites (tertiary alicyclic amines) is 1. The molecule has 0 bridgehead atoms. The van der Waals surface area contributed by atoms with Crippen LogP contribution in [0.5, 0.6) is 0 Å². The lowest BCUT2D eigenvalue weighted by Gasteiger charge is -2.38. The van der Waals surface area contributed by atoms with Crippen LogP contribution in [0.2, 0.25) is 0 Å². The van der Waals surface area contributed by atoms with Crippen molar-refractivity contribution in [1.29, 1.82) is 0 Å². The van der Waals surface area contributed by atoms with Crippen molar-refractivity contribution >= 4 is 6.09 Å². The van der Waals surface area contributed by atoms with Crippen molar-refractivity contribution in [2.24, 2.45) is 5.41 Å². The van der Waals surface area contributed by atoms with Gasteiger partial charge in [0, 0.05) is 37.7 Å². The predicted octanol–water partition coefficient (Wildman–Crippen LogP) is 3.16. The molecule has 0 aromatic heterocycles. The van der Waals surface area contributed by atoms with Crippen LogP contribution in [0.4, 0.5) is 4.79 Å². The fourth-order valence-corrected chi connectivity index (χ4v) is 3.06. The van der Waals surface area contributed by atoms with Crippen LogP contribution >= 0.6 is 0 Å². The van der Waals surface area contributed by atoms with Gasteiger partial charge in [0.05, 0.1) is 0 Å². The quantitative estimate of drug-likeness (QED) is 0.753. The number of piperidine rings is 1. The first kappa shape index (κ1) is 20.2. The Hall–Kier alpha value is -0.810. The Labute approximate surface area is 141 Å². The number of ether oxygens (including phenoxy) is 1. The molecule has 1 amide bonds. The van der Waals surface area contributed by atoms with Crippen LogP contribution in [-0.4, -0.2) is 54.0 Å². The van der Waals surface area contributed by atoms with E-state index < -0.39 is 5.60 Å². The molecular weight excluding hydrogens is 292 g/mol. The smallest absolute Gasteiger partial charge is 0.410 e. The SMILES string of the molecule is CCC(CC)(CO)CNCC1CCCCN1C(=O)OC(C)(C)C. The van der Waals surface area contributed by atoms with Gasteiger partial charge in [0.15, 0.2) is 0 Å². The lowest BCUT2D eigenvalue weighted by atomic mass is 9.83. The fraction of sp³-hybridized carbons (Fsp3) is 0.944. The summed E-state index contributed by atoms with van der Waals surface area (Å²) in [6, 6.07) is 0.184. The zero-order valence-electron chi connectivity index (χ0n) is 15.7. The first-order valence-corrected chi connectivity index (χ1v) is 9.08. The molecule has 1 fully saturated rings. The molecule has 5 nitrogen and oxygen atoms in total. The second-order valence-electron chi connectivity index (χ2n) is 7.82. The number of hydrogen-bond acceptors (Lipinski definition) is 4. The van der Waals surface area contributed by atoms with Crippen molar-refractivity contribution in [2.75, 3.05) is 26.2 Å². The van der Waals surface area contributed by atoms with Crippen LogP contribution in [-0.2, 0) is 4.74 Å². The zero-order valence-corrected chi connectivity index (χ0v) is 15.7. The number of hydrogen-bond donors (Lipinski definition) is 2. The van der Waals surface area contributed by atoms with E-state index in [1.165, 1.54) is 0 Å². The monoisotopic (exact) mass is 328 g/mol. The number of aliphatic hydroxyl groups excluding tert-OH is 1. The van der Waals surface area contributed by atoms with Gasteiger partial charge in [-0.1, -0.05) is 13.8 Å². The summed E-state index contributed by atoms with van der Waals surface area (Å²) in [5.41, 5.74) is -0.506. The van der Waals surface area contributed by atoms with Crippen LogP contribution in [0, 0.1) is 5.41 Å². The van der Waals surface area contributed by atoms with Gasteiger partial charge >= 0.3 is 6.09 Å². The summed E-state index contributed by atoms with van der Waals surface area (Å²) in [6.45, 7) is 12.5. The maximum atomic E-state index is 12.4. The second-order valence-corrected chi connectivity index (χ2v) is 7.82. The van der Waals surface area contributed by atoms with E-state index >= 15 is 0 Å². The van der Waals surface area contributed by atoms with Crippen LogP contribution in [0.25, 0.3) is 0 Å². The molecule has 1 unspecified atom stereocenters. The number of amides is 1. The van der Waals surface area contributed by atoms with Gasteiger partial charge in [-0.25, -0.2) is 4.79 Å². The van der Waals surface area contributed by atoms with Gasteiger partial charge in [-0.3, -0.25) is 0 Å². The van der Waals surface area contributed by atoms with Gasteiger partial charge < -0.3 is 20.1 Å². The van der Waals surface area contributed by atoms with E-state index in [1.807, 2.05) is 25.7 Å². The summed E-state index contributed by atoms with van der Waals surface area (Å²) in [5, 5.41) is 13.1. The zero-order chi connectivity index (χ0) is 17.5. The molecule has 0 aromatic rings. The Kier molecular flexibility index (Phi) is 7.81. The van der Waals surface area contributed by atoms with Crippen molar-refractivity contribution in [1.82, 2.24) is 10.2 Å². The summed E-state index contributed by atoms with van der Waals surface area (Å²) >= 11 is 0. The third-order valence-electron chi connectivity index (χ3n) is 4.97. The third kappa shape index (κ3) is 6.30. The lowest BCUT2D eigenvalue weighted by molar-refractivity contribution is 0.00930. The first-order valence-electron chi connectivity index (χ1n) is 9.08. The molecule has 1 heterocycles. The molecule has 0 aliphatic carbocycles. The van der Waals surface area contributed by atoms with Gasteiger partial charge in [0.25, 0.3) is 0 Å². The Balaban J connectivity index is 2.57. The Bertz CT molecular complexity index is 354. The molecule has 1 aliphatic rings. The van der Waals surface area contributed by atoms with Crippen LogP contribution in [0.1, 0.15) is 66.7 Å². The van der Waals surface area contributed by atoms with E-state index in [-0.39, 0.29) is 24.2 Å². The van der Waals surface area contributed by atoms with E-state index in [0.29, 0.717) is 0 Å². The Morgan fingerprint density at radius 2 is 1.91 bits per heavy atom. The molecule has 0 saturated carbocycles. The highest BCUT2D eigenvalue weighted by atomic mass is 16.6.